The zero-order valence-corrected chi connectivity index (χ0v) is 20.2. The predicted molar refractivity (Wildman–Crippen MR) is 137 cm³/mol. The van der Waals surface area contributed by atoms with E-state index in [1.54, 1.807) is 44.7 Å². The molecule has 0 aliphatic heterocycles. The molecule has 1 aromatic heterocycles. The first-order chi connectivity index (χ1) is 17.9. The van der Waals surface area contributed by atoms with Crippen LogP contribution < -0.4 is 24.8 Å². The number of nitrogens with one attached hydrogen (secondary N) is 2. The number of ether oxygens (including phenoxy) is 3. The fraction of sp³-hybridized carbons (Fsp3) is 0.179. The standard InChI is InChI=1S/C28H24FN3O5/c1-35-24-15-21-22(11-14-30-23(21)16-25(24)36-2)31-18-7-9-20(10-8-18)37-27(34)28(12-13-28)26(33)32-19-5-3-17(29)4-6-19/h3-11,14-16H,12-13H2,1-2H3,(H,30,31)(H,32,33). The molecule has 2 N–H and O–H groups in total. The first-order valence-corrected chi connectivity index (χ1v) is 11.6. The number of anilines is 3. The third kappa shape index (κ3) is 4.88. The first-order valence-electron chi connectivity index (χ1n) is 11.6. The number of halogens is 1. The summed E-state index contributed by atoms with van der Waals surface area (Å²) in [7, 11) is 3.15. The second-order valence-electron chi connectivity index (χ2n) is 8.66. The minimum Gasteiger partial charge on any atom is -0.493 e. The van der Waals surface area contributed by atoms with Gasteiger partial charge >= 0.3 is 5.97 Å². The number of hydrogen-bond donors (Lipinski definition) is 2. The molecular weight excluding hydrogens is 477 g/mol. The number of rotatable bonds is 8. The van der Waals surface area contributed by atoms with Crippen LogP contribution >= 0.6 is 0 Å². The van der Waals surface area contributed by atoms with E-state index >= 15 is 0 Å². The molecule has 0 saturated heterocycles. The van der Waals surface area contributed by atoms with Gasteiger partial charge in [-0.25, -0.2) is 4.39 Å². The van der Waals surface area contributed by atoms with Crippen molar-refractivity contribution >= 4 is 39.8 Å². The summed E-state index contributed by atoms with van der Waals surface area (Å²) in [5.74, 6) is 0.0142. The molecule has 37 heavy (non-hydrogen) atoms. The highest BCUT2D eigenvalue weighted by atomic mass is 19.1. The van der Waals surface area contributed by atoms with Crippen LogP contribution in [0.1, 0.15) is 12.8 Å². The van der Waals surface area contributed by atoms with Gasteiger partial charge in [-0.05, 0) is 73.5 Å². The predicted octanol–water partition coefficient (Wildman–Crippen LogP) is 5.46. The average Bonchev–Trinajstić information content (AvgIpc) is 3.73. The van der Waals surface area contributed by atoms with Crippen molar-refractivity contribution in [2.45, 2.75) is 12.8 Å². The van der Waals surface area contributed by atoms with Crippen molar-refractivity contribution in [3.8, 4) is 17.2 Å². The van der Waals surface area contributed by atoms with Crippen molar-refractivity contribution in [3.63, 3.8) is 0 Å². The molecule has 9 heteroatoms. The molecule has 188 valence electrons. The zero-order chi connectivity index (χ0) is 26.0. The van der Waals surface area contributed by atoms with E-state index in [2.05, 4.69) is 15.6 Å². The number of hydrogen-bond acceptors (Lipinski definition) is 7. The molecule has 1 aliphatic carbocycles. The second kappa shape index (κ2) is 9.77. The van der Waals surface area contributed by atoms with Crippen molar-refractivity contribution in [2.24, 2.45) is 5.41 Å². The Morgan fingerprint density at radius 3 is 2.19 bits per heavy atom. The van der Waals surface area contributed by atoms with E-state index < -0.39 is 23.1 Å². The van der Waals surface area contributed by atoms with E-state index in [-0.39, 0.29) is 0 Å². The largest absolute Gasteiger partial charge is 0.493 e. The summed E-state index contributed by atoms with van der Waals surface area (Å²) in [6, 6.07) is 17.7. The minimum absolute atomic E-state index is 0.322. The normalized spacial score (nSPS) is 13.5. The molecule has 0 unspecified atom stereocenters. The maximum absolute atomic E-state index is 13.1. The molecule has 0 radical (unpaired) electrons. The Labute approximate surface area is 212 Å². The Balaban J connectivity index is 1.27. The van der Waals surface area contributed by atoms with Crippen molar-refractivity contribution < 1.29 is 28.2 Å². The molecule has 4 aromatic rings. The summed E-state index contributed by atoms with van der Waals surface area (Å²) in [5.41, 5.74) is 1.49. The van der Waals surface area contributed by atoms with E-state index in [0.29, 0.717) is 35.8 Å². The van der Waals surface area contributed by atoms with Gasteiger partial charge in [-0.2, -0.15) is 0 Å². The number of nitrogens with zero attached hydrogens (tertiary/aromatic N) is 1. The van der Waals surface area contributed by atoms with Crippen LogP contribution in [0.3, 0.4) is 0 Å². The SMILES string of the molecule is COc1cc2nccc(Nc3ccc(OC(=O)C4(C(=O)Nc5ccc(F)cc5)CC4)cc3)c2cc1OC. The third-order valence-corrected chi connectivity index (χ3v) is 6.27. The van der Waals surface area contributed by atoms with Crippen LogP contribution in [0.25, 0.3) is 10.9 Å². The third-order valence-electron chi connectivity index (χ3n) is 6.27. The fourth-order valence-electron chi connectivity index (χ4n) is 3.98. The monoisotopic (exact) mass is 501 g/mol. The molecule has 1 saturated carbocycles. The van der Waals surface area contributed by atoms with Crippen LogP contribution in [0.2, 0.25) is 0 Å². The van der Waals surface area contributed by atoms with E-state index in [0.717, 1.165) is 22.3 Å². The van der Waals surface area contributed by atoms with Crippen molar-refractivity contribution in [1.29, 1.82) is 0 Å². The highest BCUT2D eigenvalue weighted by Crippen LogP contribution is 2.48. The maximum Gasteiger partial charge on any atom is 0.327 e. The lowest BCUT2D eigenvalue weighted by Gasteiger charge is -2.15. The summed E-state index contributed by atoms with van der Waals surface area (Å²) < 4.78 is 29.4. The molecule has 0 bridgehead atoms. The molecule has 0 spiro atoms. The molecular formula is C28H24FN3O5. The van der Waals surface area contributed by atoms with E-state index in [1.165, 1.54) is 24.3 Å². The Hall–Kier alpha value is -4.66. The molecule has 8 nitrogen and oxygen atoms in total. The number of methoxy groups -OCH3 is 2. The Morgan fingerprint density at radius 2 is 1.54 bits per heavy atom. The molecule has 1 amide bonds. The minimum atomic E-state index is -1.23. The van der Waals surface area contributed by atoms with Crippen LogP contribution in [0.4, 0.5) is 21.5 Å². The van der Waals surface area contributed by atoms with E-state index in [9.17, 15) is 14.0 Å². The van der Waals surface area contributed by atoms with Gasteiger partial charge in [-0.3, -0.25) is 14.6 Å². The lowest BCUT2D eigenvalue weighted by atomic mass is 10.1. The van der Waals surface area contributed by atoms with Gasteiger partial charge in [0.05, 0.1) is 19.7 Å². The highest BCUT2D eigenvalue weighted by Gasteiger charge is 2.58. The summed E-state index contributed by atoms with van der Waals surface area (Å²) in [6.07, 6.45) is 2.47. The summed E-state index contributed by atoms with van der Waals surface area (Å²) in [4.78, 5) is 30.0. The van der Waals surface area contributed by atoms with Gasteiger partial charge in [0, 0.05) is 34.7 Å². The summed E-state index contributed by atoms with van der Waals surface area (Å²) in [5, 5.41) is 6.85. The van der Waals surface area contributed by atoms with Gasteiger partial charge in [0.25, 0.3) is 0 Å². The van der Waals surface area contributed by atoms with Gasteiger partial charge < -0.3 is 24.8 Å². The number of amides is 1. The lowest BCUT2D eigenvalue weighted by molar-refractivity contribution is -0.145. The summed E-state index contributed by atoms with van der Waals surface area (Å²) in [6.45, 7) is 0. The number of carbonyl (C=O) groups is 2. The van der Waals surface area contributed by atoms with E-state index in [1.807, 2.05) is 18.2 Å². The zero-order valence-electron chi connectivity index (χ0n) is 20.2. The Bertz CT molecular complexity index is 1470. The van der Waals surface area contributed by atoms with Crippen LogP contribution in [0, 0.1) is 11.2 Å². The van der Waals surface area contributed by atoms with Crippen molar-refractivity contribution in [2.75, 3.05) is 24.9 Å². The average molecular weight is 502 g/mol. The lowest BCUT2D eigenvalue weighted by Crippen LogP contribution is -2.34. The molecule has 1 fully saturated rings. The number of esters is 1. The number of carbonyl (C=O) groups excluding carboxylic acids is 2. The Kier molecular flexibility index (Phi) is 6.35. The summed E-state index contributed by atoms with van der Waals surface area (Å²) >= 11 is 0. The quantitative estimate of drug-likeness (QED) is 0.188. The van der Waals surface area contributed by atoms with Gasteiger partial charge in [-0.15, -0.1) is 0 Å². The Morgan fingerprint density at radius 1 is 0.892 bits per heavy atom. The number of benzene rings is 3. The van der Waals surface area contributed by atoms with Crippen molar-refractivity contribution in [1.82, 2.24) is 4.98 Å². The molecule has 1 aliphatic rings. The smallest absolute Gasteiger partial charge is 0.327 e. The first kappa shape index (κ1) is 24.1. The molecule has 1 heterocycles. The number of aromatic nitrogens is 1. The maximum atomic E-state index is 13.1. The van der Waals surface area contributed by atoms with Gasteiger partial charge in [-0.1, -0.05) is 0 Å². The highest BCUT2D eigenvalue weighted by molar-refractivity contribution is 6.11. The van der Waals surface area contributed by atoms with Crippen LogP contribution in [0.15, 0.2) is 72.9 Å². The topological polar surface area (TPSA) is 98.8 Å². The number of pyridine rings is 1. The second-order valence-corrected chi connectivity index (χ2v) is 8.66. The molecule has 0 atom stereocenters. The van der Waals surface area contributed by atoms with E-state index in [4.69, 9.17) is 14.2 Å². The van der Waals surface area contributed by atoms with Gasteiger partial charge in [0.1, 0.15) is 17.0 Å². The molecule has 3 aromatic carbocycles. The van der Waals surface area contributed by atoms with Crippen LogP contribution in [-0.4, -0.2) is 31.1 Å². The molecule has 5 rings (SSSR count). The van der Waals surface area contributed by atoms with Crippen LogP contribution in [-0.2, 0) is 9.59 Å². The fourth-order valence-corrected chi connectivity index (χ4v) is 3.98. The van der Waals surface area contributed by atoms with Gasteiger partial charge in [0.15, 0.2) is 11.5 Å². The van der Waals surface area contributed by atoms with Crippen LogP contribution in [0.5, 0.6) is 17.2 Å². The van der Waals surface area contributed by atoms with Crippen molar-refractivity contribution in [3.05, 3.63) is 78.7 Å². The van der Waals surface area contributed by atoms with Gasteiger partial charge in [0.2, 0.25) is 5.91 Å². The number of fused-ring (bicyclic) bond motifs is 1.